The van der Waals surface area contributed by atoms with Gasteiger partial charge in [0.1, 0.15) is 0 Å². The second-order valence-electron chi connectivity index (χ2n) is 2.04. The van der Waals surface area contributed by atoms with Crippen molar-refractivity contribution in [1.29, 1.82) is 0 Å². The molecular weight excluding hydrogens is 256 g/mol. The van der Waals surface area contributed by atoms with E-state index in [0.717, 1.165) is 4.83 Å². The van der Waals surface area contributed by atoms with Crippen molar-refractivity contribution in [3.63, 3.8) is 0 Å². The van der Waals surface area contributed by atoms with Gasteiger partial charge in [-0.15, -0.1) is 0 Å². The van der Waals surface area contributed by atoms with Gasteiger partial charge in [-0.25, -0.2) is 0 Å². The predicted octanol–water partition coefficient (Wildman–Crippen LogP) is -0.849. The summed E-state index contributed by atoms with van der Waals surface area (Å²) < 4.78 is 0. The molecule has 0 aromatic heterocycles. The molecule has 0 amide bonds. The van der Waals surface area contributed by atoms with Gasteiger partial charge in [-0.3, -0.25) is 0 Å². The Kier molecular flexibility index (Phi) is 11.6. The van der Waals surface area contributed by atoms with Crippen molar-refractivity contribution in [2.75, 3.05) is 0 Å². The summed E-state index contributed by atoms with van der Waals surface area (Å²) in [6, 6.07) is 0. The number of hydrogen-bond acceptors (Lipinski definition) is 0. The summed E-state index contributed by atoms with van der Waals surface area (Å²) in [5.74, 6) is 0. The Morgan fingerprint density at radius 1 is 1.22 bits per heavy atom. The molecule has 50 valence electrons. The third-order valence-corrected chi connectivity index (χ3v) is 2.28. The van der Waals surface area contributed by atoms with Crippen LogP contribution in [0.4, 0.5) is 0 Å². The molecule has 1 fully saturated rings. The Balaban J connectivity index is 0. The standard InChI is InChI=1S/C6H10Br.BrH.Mg/c7-6-4-2-1-3-5-6;;/h1,6H,2-5H2;1H;/q-1;;+2/p-1. The first-order valence-electron chi connectivity index (χ1n) is 2.85. The van der Waals surface area contributed by atoms with Crippen LogP contribution in [0.1, 0.15) is 25.7 Å². The molecular formula is C6H10Br2Mg. The van der Waals surface area contributed by atoms with Gasteiger partial charge in [0.25, 0.3) is 0 Å². The summed E-state index contributed by atoms with van der Waals surface area (Å²) in [5.41, 5.74) is 0. The normalized spacial score (nSPS) is 19.7. The fraction of sp³-hybridized carbons (Fsp3) is 0.833. The van der Waals surface area contributed by atoms with Gasteiger partial charge in [0.05, 0.1) is 0 Å². The molecule has 0 nitrogen and oxygen atoms in total. The van der Waals surface area contributed by atoms with Crippen LogP contribution in [0.15, 0.2) is 0 Å². The minimum absolute atomic E-state index is 0. The second-order valence-corrected chi connectivity index (χ2v) is 3.34. The van der Waals surface area contributed by atoms with E-state index in [-0.39, 0.29) is 40.0 Å². The summed E-state index contributed by atoms with van der Waals surface area (Å²) in [6.45, 7) is 0. The summed E-state index contributed by atoms with van der Waals surface area (Å²) in [7, 11) is 0. The van der Waals surface area contributed by atoms with Crippen LogP contribution in [0.5, 0.6) is 0 Å². The number of alkyl halides is 1. The van der Waals surface area contributed by atoms with Gasteiger partial charge in [-0.2, -0.15) is 12.8 Å². The topological polar surface area (TPSA) is 0 Å². The molecule has 1 saturated carbocycles. The Morgan fingerprint density at radius 2 is 1.67 bits per heavy atom. The van der Waals surface area contributed by atoms with Crippen LogP contribution in [0.25, 0.3) is 0 Å². The molecule has 0 N–H and O–H groups in total. The van der Waals surface area contributed by atoms with E-state index in [1.54, 1.807) is 0 Å². The van der Waals surface area contributed by atoms with Crippen molar-refractivity contribution in [2.45, 2.75) is 30.5 Å². The second kappa shape index (κ2) is 7.83. The minimum atomic E-state index is 0. The first-order chi connectivity index (χ1) is 3.39. The van der Waals surface area contributed by atoms with Crippen LogP contribution < -0.4 is 17.0 Å². The van der Waals surface area contributed by atoms with Gasteiger partial charge < -0.3 is 23.4 Å². The molecule has 3 heteroatoms. The summed E-state index contributed by atoms with van der Waals surface area (Å²) in [5, 5.41) is 0. The number of rotatable bonds is 0. The van der Waals surface area contributed by atoms with Crippen molar-refractivity contribution >= 4 is 39.0 Å². The molecule has 0 aliphatic heterocycles. The van der Waals surface area contributed by atoms with Crippen LogP contribution in [-0.2, 0) is 0 Å². The van der Waals surface area contributed by atoms with E-state index in [1.807, 2.05) is 0 Å². The molecule has 0 saturated heterocycles. The monoisotopic (exact) mass is 264 g/mol. The summed E-state index contributed by atoms with van der Waals surface area (Å²) in [6.07, 6.45) is 7.70. The number of hydrogen-bond donors (Lipinski definition) is 0. The molecule has 0 spiro atoms. The molecule has 0 heterocycles. The Morgan fingerprint density at radius 3 is 1.89 bits per heavy atom. The molecule has 1 aliphatic rings. The van der Waals surface area contributed by atoms with E-state index < -0.39 is 0 Å². The fourth-order valence-electron chi connectivity index (χ4n) is 0.886. The largest absolute Gasteiger partial charge is 2.00 e. The SMILES string of the molecule is BrC1CC[CH-]CC1.[Br-].[Mg+2]. The van der Waals surface area contributed by atoms with Gasteiger partial charge in [-0.05, 0) is 0 Å². The maximum atomic E-state index is 3.57. The van der Waals surface area contributed by atoms with Gasteiger partial charge in [0.2, 0.25) is 0 Å². The van der Waals surface area contributed by atoms with E-state index in [2.05, 4.69) is 22.4 Å². The fourth-order valence-corrected chi connectivity index (χ4v) is 1.41. The first kappa shape index (κ1) is 13.3. The van der Waals surface area contributed by atoms with Crippen LogP contribution in [-0.4, -0.2) is 27.9 Å². The Labute approximate surface area is 92.2 Å². The first-order valence-corrected chi connectivity index (χ1v) is 3.77. The van der Waals surface area contributed by atoms with Crippen LogP contribution in [0.2, 0.25) is 0 Å². The Bertz CT molecular complexity index is 53.0. The van der Waals surface area contributed by atoms with E-state index >= 15 is 0 Å². The average Bonchev–Trinajstić information content (AvgIpc) is 1.69. The van der Waals surface area contributed by atoms with Crippen molar-refractivity contribution in [3.8, 4) is 0 Å². The third-order valence-electron chi connectivity index (χ3n) is 1.37. The maximum absolute atomic E-state index is 3.57. The summed E-state index contributed by atoms with van der Waals surface area (Å²) >= 11 is 3.57. The minimum Gasteiger partial charge on any atom is -1.00 e. The van der Waals surface area contributed by atoms with Crippen molar-refractivity contribution in [3.05, 3.63) is 6.42 Å². The molecule has 0 radical (unpaired) electrons. The molecule has 1 rings (SSSR count). The van der Waals surface area contributed by atoms with Crippen molar-refractivity contribution in [2.24, 2.45) is 0 Å². The molecule has 0 aromatic rings. The predicted molar refractivity (Wildman–Crippen MR) is 41.2 cm³/mol. The van der Waals surface area contributed by atoms with Gasteiger partial charge in [-0.1, -0.05) is 28.8 Å². The van der Waals surface area contributed by atoms with Crippen molar-refractivity contribution < 1.29 is 17.0 Å². The van der Waals surface area contributed by atoms with E-state index in [0.29, 0.717) is 0 Å². The zero-order chi connectivity index (χ0) is 5.11. The number of halogens is 2. The molecule has 0 atom stereocenters. The zero-order valence-electron chi connectivity index (χ0n) is 5.45. The average molecular weight is 266 g/mol. The van der Waals surface area contributed by atoms with Crippen molar-refractivity contribution in [1.82, 2.24) is 0 Å². The van der Waals surface area contributed by atoms with Gasteiger partial charge >= 0.3 is 23.1 Å². The van der Waals surface area contributed by atoms with Crippen LogP contribution >= 0.6 is 15.9 Å². The molecule has 0 bridgehead atoms. The summed E-state index contributed by atoms with van der Waals surface area (Å²) in [4.78, 5) is 0.817. The maximum Gasteiger partial charge on any atom is 2.00 e. The molecule has 9 heavy (non-hydrogen) atoms. The molecule has 1 aliphatic carbocycles. The molecule has 0 aromatic carbocycles. The van der Waals surface area contributed by atoms with E-state index in [9.17, 15) is 0 Å². The van der Waals surface area contributed by atoms with Gasteiger partial charge in [0.15, 0.2) is 0 Å². The Hall–Kier alpha value is 1.73. The smallest absolute Gasteiger partial charge is 1.00 e. The third kappa shape index (κ3) is 6.14. The van der Waals surface area contributed by atoms with Gasteiger partial charge in [0, 0.05) is 4.83 Å². The van der Waals surface area contributed by atoms with Crippen LogP contribution in [0, 0.1) is 6.42 Å². The zero-order valence-corrected chi connectivity index (χ0v) is 10.0. The van der Waals surface area contributed by atoms with Crippen LogP contribution in [0.3, 0.4) is 0 Å². The van der Waals surface area contributed by atoms with E-state index in [4.69, 9.17) is 0 Å². The molecule has 0 unspecified atom stereocenters. The quantitative estimate of drug-likeness (QED) is 0.304. The van der Waals surface area contributed by atoms with E-state index in [1.165, 1.54) is 25.7 Å².